The van der Waals surface area contributed by atoms with Gasteiger partial charge in [-0.15, -0.1) is 0 Å². The number of aromatic nitrogens is 2. The minimum Gasteiger partial charge on any atom is -0.497 e. The summed E-state index contributed by atoms with van der Waals surface area (Å²) >= 11 is 0. The summed E-state index contributed by atoms with van der Waals surface area (Å²) in [5.41, 5.74) is 5.72. The van der Waals surface area contributed by atoms with Crippen LogP contribution in [0.2, 0.25) is 0 Å². The Hall–Kier alpha value is -7.66. The van der Waals surface area contributed by atoms with Gasteiger partial charge in [0.1, 0.15) is 17.1 Å². The van der Waals surface area contributed by atoms with Crippen LogP contribution in [0.25, 0.3) is 11.1 Å². The van der Waals surface area contributed by atoms with E-state index in [1.54, 1.807) is 68.3 Å². The fourth-order valence-electron chi connectivity index (χ4n) is 6.25. The zero-order valence-electron chi connectivity index (χ0n) is 30.3. The number of rotatable bonds is 11. The second-order valence-electron chi connectivity index (χ2n) is 12.7. The zero-order chi connectivity index (χ0) is 38.9. The highest BCUT2D eigenvalue weighted by Crippen LogP contribution is 2.33. The minimum absolute atomic E-state index is 0.162. The van der Waals surface area contributed by atoms with Gasteiger partial charge in [0.05, 0.1) is 31.3 Å². The average Bonchev–Trinajstić information content (AvgIpc) is 3.62. The van der Waals surface area contributed by atoms with Crippen molar-refractivity contribution in [3.8, 4) is 5.75 Å². The van der Waals surface area contributed by atoms with Crippen LogP contribution in [0.3, 0.4) is 0 Å². The van der Waals surface area contributed by atoms with Crippen LogP contribution in [-0.4, -0.2) is 50.5 Å². The lowest BCUT2D eigenvalue weighted by molar-refractivity contribution is -0.139. The molecule has 0 atom stereocenters. The molecule has 2 aliphatic heterocycles. The molecule has 4 aromatic carbocycles. The molecule has 0 spiro atoms. The number of amides is 4. The van der Waals surface area contributed by atoms with Crippen LogP contribution in [0.4, 0.5) is 11.4 Å². The van der Waals surface area contributed by atoms with E-state index in [1.807, 2.05) is 103 Å². The lowest BCUT2D eigenvalue weighted by atomic mass is 10.0. The number of hydrogen-bond donors (Lipinski definition) is 2. The molecule has 0 saturated heterocycles. The van der Waals surface area contributed by atoms with Gasteiger partial charge in [0.25, 0.3) is 23.6 Å². The molecule has 2 aromatic heterocycles. The van der Waals surface area contributed by atoms with Gasteiger partial charge in [0, 0.05) is 36.2 Å². The number of para-hydroxylation sites is 1. The smallest absolute Gasteiger partial charge is 0.278 e. The van der Waals surface area contributed by atoms with E-state index < -0.39 is 0 Å². The molecule has 0 fully saturated rings. The van der Waals surface area contributed by atoms with Gasteiger partial charge in [-0.05, 0) is 70.8 Å². The van der Waals surface area contributed by atoms with Crippen molar-refractivity contribution < 1.29 is 23.9 Å². The summed E-state index contributed by atoms with van der Waals surface area (Å²) in [7, 11) is 1.59. The van der Waals surface area contributed by atoms with Crippen LogP contribution in [0.5, 0.6) is 5.75 Å². The minimum atomic E-state index is -0.367. The number of ether oxygens (including phenoxy) is 1. The lowest BCUT2D eigenvalue weighted by Crippen LogP contribution is -2.32. The number of hydrogen-bond acceptors (Lipinski definition) is 9. The van der Waals surface area contributed by atoms with Crippen molar-refractivity contribution in [3.63, 3.8) is 0 Å². The van der Waals surface area contributed by atoms with E-state index in [-0.39, 0.29) is 42.4 Å². The van der Waals surface area contributed by atoms with Crippen molar-refractivity contribution in [3.05, 3.63) is 198 Å². The molecule has 0 bridgehead atoms. The molecule has 276 valence electrons. The first-order valence-corrected chi connectivity index (χ1v) is 17.7. The monoisotopic (exact) mass is 740 g/mol. The van der Waals surface area contributed by atoms with E-state index in [0.717, 1.165) is 16.8 Å². The van der Waals surface area contributed by atoms with E-state index in [1.165, 1.54) is 9.80 Å². The molecule has 4 amide bonds. The summed E-state index contributed by atoms with van der Waals surface area (Å²) in [6.45, 7) is 0.345. The summed E-state index contributed by atoms with van der Waals surface area (Å²) < 4.78 is 5.18. The Morgan fingerprint density at radius 1 is 0.482 bits per heavy atom. The van der Waals surface area contributed by atoms with Crippen molar-refractivity contribution in [1.82, 2.24) is 19.8 Å². The van der Waals surface area contributed by atoms with Crippen molar-refractivity contribution in [2.45, 2.75) is 13.1 Å². The van der Waals surface area contributed by atoms with E-state index in [9.17, 15) is 19.2 Å². The molecule has 0 radical (unpaired) electrons. The quantitative estimate of drug-likeness (QED) is 0.135. The highest BCUT2D eigenvalue weighted by molar-refractivity contribution is 6.37. The molecule has 4 heterocycles. The number of benzene rings is 4. The first-order chi connectivity index (χ1) is 27.4. The summed E-state index contributed by atoms with van der Waals surface area (Å²) in [5, 5.41) is 6.27. The molecule has 0 unspecified atom stereocenters. The van der Waals surface area contributed by atoms with Gasteiger partial charge < -0.3 is 15.4 Å². The van der Waals surface area contributed by atoms with Crippen LogP contribution in [0.15, 0.2) is 176 Å². The van der Waals surface area contributed by atoms with Crippen molar-refractivity contribution in [1.29, 1.82) is 0 Å². The maximum Gasteiger partial charge on any atom is 0.278 e. The van der Waals surface area contributed by atoms with Crippen molar-refractivity contribution >= 4 is 46.1 Å². The SMILES string of the molecule is COc1ccc(NC2=C(c3ccccc3)C(=O)N(Cc3cccnc3)C2=O)cc1.O=C1C(Nc2ccccc2)=C(c2ccccc2)C(=O)N1Cc1cccnc1. The van der Waals surface area contributed by atoms with E-state index in [2.05, 4.69) is 20.6 Å². The first-order valence-electron chi connectivity index (χ1n) is 17.7. The van der Waals surface area contributed by atoms with Gasteiger partial charge in [0.2, 0.25) is 0 Å². The topological polar surface area (TPSA) is 134 Å². The highest BCUT2D eigenvalue weighted by Gasteiger charge is 2.40. The Labute approximate surface area is 323 Å². The van der Waals surface area contributed by atoms with Crippen LogP contribution in [0.1, 0.15) is 22.3 Å². The predicted molar refractivity (Wildman–Crippen MR) is 213 cm³/mol. The zero-order valence-corrected chi connectivity index (χ0v) is 30.3. The molecule has 56 heavy (non-hydrogen) atoms. The number of carbonyl (C=O) groups is 4. The third-order valence-corrected chi connectivity index (χ3v) is 8.99. The van der Waals surface area contributed by atoms with Gasteiger partial charge in [-0.2, -0.15) is 0 Å². The molecule has 0 aliphatic carbocycles. The summed E-state index contributed by atoms with van der Waals surface area (Å²) in [5.74, 6) is -0.644. The van der Waals surface area contributed by atoms with Gasteiger partial charge >= 0.3 is 0 Å². The number of pyridine rings is 2. The van der Waals surface area contributed by atoms with Crippen LogP contribution in [-0.2, 0) is 32.3 Å². The summed E-state index contributed by atoms with van der Waals surface area (Å²) in [4.78, 5) is 63.2. The Morgan fingerprint density at radius 3 is 1.29 bits per heavy atom. The van der Waals surface area contributed by atoms with Crippen LogP contribution >= 0.6 is 0 Å². The average molecular weight is 741 g/mol. The van der Waals surface area contributed by atoms with Gasteiger partial charge in [0.15, 0.2) is 0 Å². The first kappa shape index (κ1) is 36.7. The standard InChI is InChI=1S/C23H19N3O3.C22H17N3O2/c1-29-19-11-9-18(10-12-19)25-21-20(17-7-3-2-4-8-17)22(27)26(23(21)28)15-16-6-5-13-24-14-16;26-21-19(17-9-3-1-4-10-17)20(24-18-11-5-2-6-12-18)22(27)25(21)15-16-8-7-13-23-14-16/h2-14,25H,15H2,1H3;1-14,24H,15H2. The summed E-state index contributed by atoms with van der Waals surface area (Å²) in [6, 6.07) is 42.2. The lowest BCUT2D eigenvalue weighted by Gasteiger charge is -2.15. The fraction of sp³-hybridized carbons (Fsp3) is 0.0667. The molecule has 6 aromatic rings. The third-order valence-electron chi connectivity index (χ3n) is 8.99. The Balaban J connectivity index is 0.000000172. The molecular formula is C45H36N6O5. The number of nitrogens with zero attached hydrogens (tertiary/aromatic N) is 4. The highest BCUT2D eigenvalue weighted by atomic mass is 16.5. The van der Waals surface area contributed by atoms with Crippen LogP contribution in [0, 0.1) is 0 Å². The second kappa shape index (κ2) is 17.0. The molecule has 8 rings (SSSR count). The fourth-order valence-corrected chi connectivity index (χ4v) is 6.25. The third kappa shape index (κ3) is 8.12. The van der Waals surface area contributed by atoms with Crippen molar-refractivity contribution in [2.24, 2.45) is 0 Å². The summed E-state index contributed by atoms with van der Waals surface area (Å²) in [6.07, 6.45) is 6.62. The maximum atomic E-state index is 13.2. The normalized spacial score (nSPS) is 13.9. The Bertz CT molecular complexity index is 2410. The number of imide groups is 2. The molecule has 2 aliphatic rings. The Morgan fingerprint density at radius 2 is 0.893 bits per heavy atom. The van der Waals surface area contributed by atoms with Gasteiger partial charge in [-0.3, -0.25) is 38.9 Å². The molecule has 11 heteroatoms. The Kier molecular flexibility index (Phi) is 11.1. The van der Waals surface area contributed by atoms with Gasteiger partial charge in [-0.1, -0.05) is 91.0 Å². The van der Waals surface area contributed by atoms with E-state index in [0.29, 0.717) is 39.4 Å². The molecule has 0 saturated carbocycles. The molecular weight excluding hydrogens is 705 g/mol. The van der Waals surface area contributed by atoms with Crippen LogP contribution < -0.4 is 15.4 Å². The molecule has 11 nitrogen and oxygen atoms in total. The number of nitrogens with one attached hydrogen (secondary N) is 2. The maximum absolute atomic E-state index is 13.2. The van der Waals surface area contributed by atoms with E-state index >= 15 is 0 Å². The predicted octanol–water partition coefficient (Wildman–Crippen LogP) is 6.96. The number of methoxy groups -OCH3 is 1. The largest absolute Gasteiger partial charge is 0.497 e. The second-order valence-corrected chi connectivity index (χ2v) is 12.7. The number of carbonyl (C=O) groups excluding carboxylic acids is 4. The molecule has 2 N–H and O–H groups in total. The number of anilines is 2. The van der Waals surface area contributed by atoms with E-state index in [4.69, 9.17) is 4.74 Å². The van der Waals surface area contributed by atoms with Gasteiger partial charge in [-0.25, -0.2) is 0 Å². The van der Waals surface area contributed by atoms with Crippen molar-refractivity contribution in [2.75, 3.05) is 17.7 Å².